The molecule has 1 spiro atoms. The van der Waals surface area contributed by atoms with E-state index in [1.165, 1.54) is 36.3 Å². The zero-order valence-corrected chi connectivity index (χ0v) is 20.9. The lowest BCUT2D eigenvalue weighted by Gasteiger charge is -2.51. The van der Waals surface area contributed by atoms with Gasteiger partial charge >= 0.3 is 6.18 Å². The van der Waals surface area contributed by atoms with E-state index in [4.69, 9.17) is 14.2 Å². The number of nitrogens with one attached hydrogen (secondary N) is 1. The van der Waals surface area contributed by atoms with Crippen LogP contribution in [0.2, 0.25) is 0 Å². The van der Waals surface area contributed by atoms with E-state index in [9.17, 15) is 18.0 Å². The highest BCUT2D eigenvalue weighted by Crippen LogP contribution is 2.51. The summed E-state index contributed by atoms with van der Waals surface area (Å²) in [5, 5.41) is 3.46. The molecule has 9 heteroatoms. The second-order valence-electron chi connectivity index (χ2n) is 9.51. The summed E-state index contributed by atoms with van der Waals surface area (Å²) in [4.78, 5) is 14.9. The Morgan fingerprint density at radius 2 is 1.64 bits per heavy atom. The number of rotatable bonds is 6. The fourth-order valence-corrected chi connectivity index (χ4v) is 5.90. The Morgan fingerprint density at radius 1 is 0.972 bits per heavy atom. The molecule has 0 aliphatic carbocycles. The van der Waals surface area contributed by atoms with Crippen LogP contribution in [0.1, 0.15) is 36.3 Å². The minimum atomic E-state index is -4.95. The van der Waals surface area contributed by atoms with Crippen LogP contribution >= 0.6 is 0 Å². The molecule has 2 aromatic rings. The summed E-state index contributed by atoms with van der Waals surface area (Å²) in [6.07, 6.45) is -2.87. The van der Waals surface area contributed by atoms with Crippen LogP contribution in [0.3, 0.4) is 0 Å². The van der Waals surface area contributed by atoms with Crippen molar-refractivity contribution < 1.29 is 32.2 Å². The van der Waals surface area contributed by atoms with Crippen molar-refractivity contribution in [2.24, 2.45) is 5.41 Å². The zero-order chi connectivity index (χ0) is 26.0. The van der Waals surface area contributed by atoms with Gasteiger partial charge in [-0.25, -0.2) is 0 Å². The number of halogens is 3. The van der Waals surface area contributed by atoms with Crippen molar-refractivity contribution in [1.82, 2.24) is 10.2 Å². The maximum Gasteiger partial charge on any atom is 0.430 e. The lowest BCUT2D eigenvalue weighted by Crippen LogP contribution is -2.59. The van der Waals surface area contributed by atoms with Gasteiger partial charge in [0, 0.05) is 38.2 Å². The SMILES string of the molecule is COc1ccc(C(OC)(C(=O)N2CCC3(CCNCC3c3ccccc3OC)CC2)C(F)(F)F)cc1. The van der Waals surface area contributed by atoms with E-state index in [0.717, 1.165) is 37.9 Å². The van der Waals surface area contributed by atoms with Gasteiger partial charge in [0.2, 0.25) is 0 Å². The molecule has 1 N–H and O–H groups in total. The first-order valence-electron chi connectivity index (χ1n) is 12.1. The molecule has 2 saturated heterocycles. The quantitative estimate of drug-likeness (QED) is 0.626. The molecule has 2 aliphatic rings. The van der Waals surface area contributed by atoms with Gasteiger partial charge < -0.3 is 24.4 Å². The molecule has 2 aromatic carbocycles. The maximum atomic E-state index is 14.5. The van der Waals surface area contributed by atoms with Crippen LogP contribution in [-0.2, 0) is 15.1 Å². The Bertz CT molecular complexity index is 1050. The van der Waals surface area contributed by atoms with Gasteiger partial charge in [0.15, 0.2) is 0 Å². The third-order valence-electron chi connectivity index (χ3n) is 7.95. The minimum absolute atomic E-state index is 0.134. The number of ether oxygens (including phenoxy) is 3. The molecule has 0 aromatic heterocycles. The number of piperidine rings is 2. The molecule has 0 bridgehead atoms. The molecule has 1 amide bonds. The number of hydrogen-bond acceptors (Lipinski definition) is 5. The molecule has 2 fully saturated rings. The Balaban J connectivity index is 1.61. The molecule has 4 rings (SSSR count). The van der Waals surface area contributed by atoms with E-state index in [2.05, 4.69) is 11.4 Å². The number of carbonyl (C=O) groups excluding carboxylic acids is 1. The van der Waals surface area contributed by atoms with Gasteiger partial charge in [0.05, 0.1) is 14.2 Å². The second-order valence-corrected chi connectivity index (χ2v) is 9.51. The van der Waals surface area contributed by atoms with Crippen LogP contribution in [0, 0.1) is 5.41 Å². The molecule has 2 heterocycles. The number of carbonyl (C=O) groups is 1. The summed E-state index contributed by atoms with van der Waals surface area (Å²) in [6, 6.07) is 13.2. The Morgan fingerprint density at radius 3 is 2.22 bits per heavy atom. The molecule has 36 heavy (non-hydrogen) atoms. The van der Waals surface area contributed by atoms with E-state index >= 15 is 0 Å². The van der Waals surface area contributed by atoms with Crippen molar-refractivity contribution in [2.75, 3.05) is 47.5 Å². The van der Waals surface area contributed by atoms with Crippen LogP contribution in [0.4, 0.5) is 13.2 Å². The van der Waals surface area contributed by atoms with Crippen molar-refractivity contribution in [3.63, 3.8) is 0 Å². The third-order valence-corrected chi connectivity index (χ3v) is 7.95. The molecule has 2 atom stereocenters. The van der Waals surface area contributed by atoms with Crippen molar-refractivity contribution in [2.45, 2.75) is 37.0 Å². The molecule has 0 saturated carbocycles. The standard InChI is InChI=1S/C27H33F3N2O4/c1-34-20-10-8-19(9-11-20)26(36-3,27(28,29)30)24(33)32-16-13-25(14-17-32)12-15-31-18-22(25)21-6-4-5-7-23(21)35-2/h4-11,22,31H,12-18H2,1-3H3. The van der Waals surface area contributed by atoms with Gasteiger partial charge in [-0.3, -0.25) is 4.79 Å². The van der Waals surface area contributed by atoms with Gasteiger partial charge in [-0.2, -0.15) is 13.2 Å². The predicted octanol–water partition coefficient (Wildman–Crippen LogP) is 4.49. The normalized spacial score (nSPS) is 21.6. The number of amides is 1. The Kier molecular flexibility index (Phi) is 7.52. The molecular weight excluding hydrogens is 473 g/mol. The summed E-state index contributed by atoms with van der Waals surface area (Å²) < 4.78 is 59.3. The molecule has 196 valence electrons. The third kappa shape index (κ3) is 4.43. The summed E-state index contributed by atoms with van der Waals surface area (Å²) in [5.41, 5.74) is -2.39. The van der Waals surface area contributed by atoms with Crippen molar-refractivity contribution >= 4 is 5.91 Å². The number of nitrogens with zero attached hydrogens (tertiary/aromatic N) is 1. The van der Waals surface area contributed by atoms with Crippen molar-refractivity contribution in [3.8, 4) is 11.5 Å². The Labute approximate surface area is 209 Å². The number of alkyl halides is 3. The average molecular weight is 507 g/mol. The van der Waals surface area contributed by atoms with Crippen molar-refractivity contribution in [3.05, 3.63) is 59.7 Å². The van der Waals surface area contributed by atoms with Gasteiger partial charge in [-0.05, 0) is 55.0 Å². The average Bonchev–Trinajstić information content (AvgIpc) is 2.89. The lowest BCUT2D eigenvalue weighted by atomic mass is 9.62. The highest BCUT2D eigenvalue weighted by molar-refractivity contribution is 5.88. The number of likely N-dealkylation sites (tertiary alicyclic amines) is 1. The van der Waals surface area contributed by atoms with Gasteiger partial charge in [-0.15, -0.1) is 0 Å². The first kappa shape index (κ1) is 26.3. The number of methoxy groups -OCH3 is 3. The second kappa shape index (κ2) is 10.3. The molecule has 2 aliphatic heterocycles. The topological polar surface area (TPSA) is 60.0 Å². The van der Waals surface area contributed by atoms with Gasteiger partial charge in [0.25, 0.3) is 11.5 Å². The summed E-state index contributed by atoms with van der Waals surface area (Å²) in [6.45, 7) is 2.03. The predicted molar refractivity (Wildman–Crippen MR) is 129 cm³/mol. The van der Waals surface area contributed by atoms with Crippen LogP contribution in [0.15, 0.2) is 48.5 Å². The molecule has 0 radical (unpaired) electrons. The van der Waals surface area contributed by atoms with Crippen molar-refractivity contribution in [1.29, 1.82) is 0 Å². The van der Waals surface area contributed by atoms with Crippen LogP contribution in [0.25, 0.3) is 0 Å². The molecule has 2 unspecified atom stereocenters. The lowest BCUT2D eigenvalue weighted by molar-refractivity contribution is -0.271. The molecule has 6 nitrogen and oxygen atoms in total. The van der Waals surface area contributed by atoms with E-state index in [1.54, 1.807) is 7.11 Å². The Hall–Kier alpha value is -2.78. The first-order chi connectivity index (χ1) is 17.2. The van der Waals surface area contributed by atoms with Crippen LogP contribution in [-0.4, -0.2) is 64.5 Å². The van der Waals surface area contributed by atoms with E-state index < -0.39 is 17.7 Å². The largest absolute Gasteiger partial charge is 0.497 e. The van der Waals surface area contributed by atoms with Gasteiger partial charge in [0.1, 0.15) is 11.5 Å². The summed E-state index contributed by atoms with van der Waals surface area (Å²) >= 11 is 0. The van der Waals surface area contributed by atoms with Crippen LogP contribution < -0.4 is 14.8 Å². The monoisotopic (exact) mass is 506 g/mol. The summed E-state index contributed by atoms with van der Waals surface area (Å²) in [7, 11) is 4.01. The molecular formula is C27H33F3N2O4. The first-order valence-corrected chi connectivity index (χ1v) is 12.1. The fraction of sp³-hybridized carbons (Fsp3) is 0.519. The highest BCUT2D eigenvalue weighted by atomic mass is 19.4. The number of benzene rings is 2. The van der Waals surface area contributed by atoms with Crippen LogP contribution in [0.5, 0.6) is 11.5 Å². The number of para-hydroxylation sites is 1. The fourth-order valence-electron chi connectivity index (χ4n) is 5.90. The smallest absolute Gasteiger partial charge is 0.430 e. The van der Waals surface area contributed by atoms with Gasteiger partial charge in [-0.1, -0.05) is 30.3 Å². The zero-order valence-electron chi connectivity index (χ0n) is 20.9. The number of hydrogen-bond donors (Lipinski definition) is 1. The summed E-state index contributed by atoms with van der Waals surface area (Å²) in [5.74, 6) is 0.252. The highest BCUT2D eigenvalue weighted by Gasteiger charge is 2.64. The van der Waals surface area contributed by atoms with E-state index in [-0.39, 0.29) is 30.0 Å². The minimum Gasteiger partial charge on any atom is -0.497 e. The van der Waals surface area contributed by atoms with E-state index in [0.29, 0.717) is 18.6 Å². The van der Waals surface area contributed by atoms with E-state index in [1.807, 2.05) is 18.2 Å². The maximum absolute atomic E-state index is 14.5.